The molecule has 1 heterocycles. The van der Waals surface area contributed by atoms with E-state index in [1.54, 1.807) is 7.05 Å². The van der Waals surface area contributed by atoms with Crippen LogP contribution in [0.15, 0.2) is 30.3 Å². The number of ether oxygens (including phenoxy) is 1. The molecule has 1 unspecified atom stereocenters. The maximum Gasteiger partial charge on any atom is 0.409 e. The van der Waals surface area contributed by atoms with Crippen LogP contribution in [-0.2, 0) is 11.3 Å². The topological polar surface area (TPSA) is 53.0 Å². The van der Waals surface area contributed by atoms with Gasteiger partial charge in [0, 0.05) is 37.2 Å². The van der Waals surface area contributed by atoms with Crippen LogP contribution in [-0.4, -0.2) is 70.8 Å². The molecule has 1 fully saturated rings. The molecule has 24 heavy (non-hydrogen) atoms. The molecule has 2 rings (SSSR count). The average molecular weight is 353 g/mol. The van der Waals surface area contributed by atoms with Gasteiger partial charge in [0.1, 0.15) is 6.61 Å². The second-order valence-corrected chi connectivity index (χ2v) is 8.72. The fraction of sp³-hybridized carbons (Fsp3) is 0.611. The first-order valence-electron chi connectivity index (χ1n) is 8.32. The fourth-order valence-corrected chi connectivity index (χ4v) is 4.02. The molecular formula is C18H28N2O3S. The molecule has 0 saturated carbocycles. The van der Waals surface area contributed by atoms with Gasteiger partial charge in [0.2, 0.25) is 0 Å². The number of nitrogens with zero attached hydrogens (tertiary/aromatic N) is 2. The number of likely N-dealkylation sites (N-methyl/N-ethyl adjacent to an activating group) is 1. The first kappa shape index (κ1) is 19.1. The number of amides is 1. The van der Waals surface area contributed by atoms with Gasteiger partial charge >= 0.3 is 6.09 Å². The highest BCUT2D eigenvalue weighted by Crippen LogP contribution is 2.29. The van der Waals surface area contributed by atoms with Gasteiger partial charge < -0.3 is 14.7 Å². The van der Waals surface area contributed by atoms with Crippen molar-refractivity contribution in [3.63, 3.8) is 0 Å². The van der Waals surface area contributed by atoms with Crippen molar-refractivity contribution in [3.05, 3.63) is 35.9 Å². The van der Waals surface area contributed by atoms with E-state index >= 15 is 0 Å². The van der Waals surface area contributed by atoms with Gasteiger partial charge in [0.25, 0.3) is 0 Å². The SMILES string of the molecule is CN(CC(O)CN1CCSC(C)(C)C1)C(=O)OCc1ccccc1. The van der Waals surface area contributed by atoms with Gasteiger partial charge in [0.05, 0.1) is 12.6 Å². The van der Waals surface area contributed by atoms with E-state index in [1.165, 1.54) is 4.90 Å². The number of aliphatic hydroxyl groups is 1. The molecule has 1 aliphatic heterocycles. The second-order valence-electron chi connectivity index (χ2n) is 6.92. The Morgan fingerprint density at radius 2 is 2.12 bits per heavy atom. The van der Waals surface area contributed by atoms with E-state index in [0.717, 1.165) is 24.4 Å². The van der Waals surface area contributed by atoms with Crippen LogP contribution >= 0.6 is 11.8 Å². The van der Waals surface area contributed by atoms with Gasteiger partial charge in [-0.05, 0) is 19.4 Å². The summed E-state index contributed by atoms with van der Waals surface area (Å²) in [6.45, 7) is 7.49. The molecule has 5 nitrogen and oxygen atoms in total. The van der Waals surface area contributed by atoms with Crippen LogP contribution in [0.3, 0.4) is 0 Å². The maximum absolute atomic E-state index is 12.0. The summed E-state index contributed by atoms with van der Waals surface area (Å²) in [5.41, 5.74) is 0.952. The van der Waals surface area contributed by atoms with Crippen molar-refractivity contribution in [3.8, 4) is 0 Å². The Kier molecular flexibility index (Phi) is 6.95. The van der Waals surface area contributed by atoms with Crippen LogP contribution in [0.25, 0.3) is 0 Å². The molecule has 0 radical (unpaired) electrons. The van der Waals surface area contributed by atoms with Gasteiger partial charge in [-0.25, -0.2) is 4.79 Å². The minimum absolute atomic E-state index is 0.221. The minimum Gasteiger partial charge on any atom is -0.445 e. The third-order valence-electron chi connectivity index (χ3n) is 3.98. The summed E-state index contributed by atoms with van der Waals surface area (Å²) in [5, 5.41) is 10.3. The monoisotopic (exact) mass is 352 g/mol. The van der Waals surface area contributed by atoms with Crippen LogP contribution in [0.2, 0.25) is 0 Å². The number of hydrogen-bond acceptors (Lipinski definition) is 5. The molecule has 0 spiro atoms. The van der Waals surface area contributed by atoms with Crippen molar-refractivity contribution in [1.82, 2.24) is 9.80 Å². The Hall–Kier alpha value is -1.24. The van der Waals surface area contributed by atoms with Gasteiger partial charge in [-0.3, -0.25) is 4.90 Å². The first-order chi connectivity index (χ1) is 11.4. The Morgan fingerprint density at radius 1 is 1.42 bits per heavy atom. The zero-order valence-electron chi connectivity index (χ0n) is 14.8. The van der Waals surface area contributed by atoms with Gasteiger partial charge in [0.15, 0.2) is 0 Å². The lowest BCUT2D eigenvalue weighted by atomic mass is 10.1. The molecule has 0 bridgehead atoms. The van der Waals surface area contributed by atoms with Gasteiger partial charge in [-0.15, -0.1) is 0 Å². The molecule has 1 aromatic carbocycles. The smallest absolute Gasteiger partial charge is 0.409 e. The lowest BCUT2D eigenvalue weighted by Crippen LogP contribution is -2.48. The van der Waals surface area contributed by atoms with E-state index in [9.17, 15) is 9.90 Å². The van der Waals surface area contributed by atoms with E-state index < -0.39 is 12.2 Å². The number of carbonyl (C=O) groups is 1. The van der Waals surface area contributed by atoms with Crippen molar-refractivity contribution < 1.29 is 14.6 Å². The highest BCUT2D eigenvalue weighted by atomic mass is 32.2. The van der Waals surface area contributed by atoms with Crippen LogP contribution in [0, 0.1) is 0 Å². The Bertz CT molecular complexity index is 524. The summed E-state index contributed by atoms with van der Waals surface area (Å²) in [6.07, 6.45) is -0.981. The largest absolute Gasteiger partial charge is 0.445 e. The summed E-state index contributed by atoms with van der Waals surface area (Å²) >= 11 is 1.97. The molecule has 0 aromatic heterocycles. The quantitative estimate of drug-likeness (QED) is 0.852. The second kappa shape index (κ2) is 8.74. The maximum atomic E-state index is 12.0. The van der Waals surface area contributed by atoms with E-state index in [0.29, 0.717) is 6.54 Å². The van der Waals surface area contributed by atoms with Crippen LogP contribution in [0.1, 0.15) is 19.4 Å². The summed E-state index contributed by atoms with van der Waals surface area (Å²) in [4.78, 5) is 15.7. The minimum atomic E-state index is -0.571. The lowest BCUT2D eigenvalue weighted by Gasteiger charge is -2.38. The van der Waals surface area contributed by atoms with E-state index in [-0.39, 0.29) is 17.9 Å². The molecule has 1 atom stereocenters. The first-order valence-corrected chi connectivity index (χ1v) is 9.30. The molecule has 1 aromatic rings. The number of hydrogen-bond donors (Lipinski definition) is 1. The Morgan fingerprint density at radius 3 is 2.79 bits per heavy atom. The fourth-order valence-electron chi connectivity index (χ4n) is 2.85. The van der Waals surface area contributed by atoms with Crippen molar-refractivity contribution in [2.75, 3.05) is 39.0 Å². The Labute approximate surface area is 149 Å². The summed E-state index contributed by atoms with van der Waals surface area (Å²) in [7, 11) is 1.66. The van der Waals surface area contributed by atoms with E-state index in [2.05, 4.69) is 18.7 Å². The normalized spacial score (nSPS) is 18.8. The zero-order chi connectivity index (χ0) is 17.6. The number of thioether (sulfide) groups is 1. The molecule has 6 heteroatoms. The zero-order valence-corrected chi connectivity index (χ0v) is 15.6. The molecule has 1 aliphatic rings. The number of rotatable bonds is 6. The molecule has 0 aliphatic carbocycles. The average Bonchev–Trinajstić information content (AvgIpc) is 2.52. The lowest BCUT2D eigenvalue weighted by molar-refractivity contribution is 0.0608. The predicted molar refractivity (Wildman–Crippen MR) is 98.2 cm³/mol. The van der Waals surface area contributed by atoms with Gasteiger partial charge in [-0.1, -0.05) is 30.3 Å². The molecule has 1 amide bonds. The summed E-state index contributed by atoms with van der Waals surface area (Å²) in [5.74, 6) is 1.08. The molecule has 134 valence electrons. The van der Waals surface area contributed by atoms with Crippen molar-refractivity contribution in [2.24, 2.45) is 0 Å². The van der Waals surface area contributed by atoms with Crippen LogP contribution in [0.5, 0.6) is 0 Å². The highest BCUT2D eigenvalue weighted by Gasteiger charge is 2.28. The number of benzene rings is 1. The standard InChI is InChI=1S/C18H28N2O3S/c1-18(2)14-20(9-10-24-18)12-16(21)11-19(3)17(22)23-13-15-7-5-4-6-8-15/h4-8,16,21H,9-14H2,1-3H3. The van der Waals surface area contributed by atoms with Crippen LogP contribution in [0.4, 0.5) is 4.79 Å². The van der Waals surface area contributed by atoms with Crippen molar-refractivity contribution in [1.29, 1.82) is 0 Å². The summed E-state index contributed by atoms with van der Waals surface area (Å²) < 4.78 is 5.49. The van der Waals surface area contributed by atoms with Gasteiger partial charge in [-0.2, -0.15) is 11.8 Å². The van der Waals surface area contributed by atoms with Crippen LogP contribution < -0.4 is 0 Å². The molecule has 1 N–H and O–H groups in total. The van der Waals surface area contributed by atoms with Crippen molar-refractivity contribution >= 4 is 17.9 Å². The molecule has 1 saturated heterocycles. The number of aliphatic hydroxyl groups excluding tert-OH is 1. The van der Waals surface area contributed by atoms with Crippen molar-refractivity contribution in [2.45, 2.75) is 31.3 Å². The van der Waals surface area contributed by atoms with E-state index in [1.807, 2.05) is 42.1 Å². The third kappa shape index (κ3) is 6.34. The van der Waals surface area contributed by atoms with E-state index in [4.69, 9.17) is 4.74 Å². The highest BCUT2D eigenvalue weighted by molar-refractivity contribution is 8.00. The Balaban J connectivity index is 1.72. The number of β-amino-alcohol motifs (C(OH)–C–C–N with tert-alkyl or cyclic N) is 1. The predicted octanol–water partition coefficient (Wildman–Crippen LogP) is 2.44. The summed E-state index contributed by atoms with van der Waals surface area (Å²) in [6, 6.07) is 9.58. The number of carbonyl (C=O) groups excluding carboxylic acids is 1. The molecular weight excluding hydrogens is 324 g/mol. The third-order valence-corrected chi connectivity index (χ3v) is 5.27.